The number of nitrogens with zero attached hydrogens (tertiary/aromatic N) is 1. The predicted molar refractivity (Wildman–Crippen MR) is 79.3 cm³/mol. The molecule has 0 aliphatic rings. The molecule has 1 nitrogen and oxygen atoms in total. The van der Waals surface area contributed by atoms with E-state index in [2.05, 4.69) is 13.0 Å². The molecule has 0 unspecified atom stereocenters. The highest BCUT2D eigenvalue weighted by Gasteiger charge is 2.22. The molecular formula is C17H16ClN. The average molecular weight is 270 g/mol. The summed E-state index contributed by atoms with van der Waals surface area (Å²) in [7, 11) is 0. The van der Waals surface area contributed by atoms with Crippen LogP contribution in [0.2, 0.25) is 5.02 Å². The van der Waals surface area contributed by atoms with E-state index in [1.807, 2.05) is 54.6 Å². The monoisotopic (exact) mass is 269 g/mol. The quantitative estimate of drug-likeness (QED) is 0.754. The summed E-state index contributed by atoms with van der Waals surface area (Å²) >= 11 is 5.92. The third kappa shape index (κ3) is 3.16. The minimum atomic E-state index is -0.118. The van der Waals surface area contributed by atoms with Crippen LogP contribution in [0.3, 0.4) is 0 Å². The van der Waals surface area contributed by atoms with Crippen LogP contribution in [0.15, 0.2) is 54.6 Å². The van der Waals surface area contributed by atoms with E-state index in [4.69, 9.17) is 11.6 Å². The van der Waals surface area contributed by atoms with Gasteiger partial charge in [-0.15, -0.1) is 0 Å². The van der Waals surface area contributed by atoms with Crippen LogP contribution in [0.1, 0.15) is 36.3 Å². The molecule has 0 spiro atoms. The van der Waals surface area contributed by atoms with E-state index >= 15 is 0 Å². The molecule has 0 heterocycles. The molecule has 2 aromatic rings. The summed E-state index contributed by atoms with van der Waals surface area (Å²) in [6.45, 7) is 2.12. The van der Waals surface area contributed by atoms with E-state index in [0.717, 1.165) is 17.0 Å². The van der Waals surface area contributed by atoms with E-state index < -0.39 is 0 Å². The lowest BCUT2D eigenvalue weighted by Gasteiger charge is -2.21. The Morgan fingerprint density at radius 2 is 1.63 bits per heavy atom. The van der Waals surface area contributed by atoms with E-state index in [1.54, 1.807) is 0 Å². The maximum absolute atomic E-state index is 9.52. The molecule has 2 rings (SSSR count). The first-order valence-electron chi connectivity index (χ1n) is 6.46. The number of hydrogen-bond acceptors (Lipinski definition) is 1. The fourth-order valence-corrected chi connectivity index (χ4v) is 2.56. The maximum atomic E-state index is 9.52. The van der Waals surface area contributed by atoms with Gasteiger partial charge < -0.3 is 0 Å². The van der Waals surface area contributed by atoms with Crippen molar-refractivity contribution >= 4 is 11.6 Å². The van der Waals surface area contributed by atoms with Crippen molar-refractivity contribution in [3.8, 4) is 6.07 Å². The molecule has 0 aromatic heterocycles. The fourth-order valence-electron chi connectivity index (χ4n) is 2.43. The zero-order valence-electron chi connectivity index (χ0n) is 10.9. The molecule has 0 aliphatic heterocycles. The Morgan fingerprint density at radius 3 is 2.16 bits per heavy atom. The van der Waals surface area contributed by atoms with E-state index in [1.165, 1.54) is 5.56 Å². The van der Waals surface area contributed by atoms with Crippen molar-refractivity contribution in [1.29, 1.82) is 5.26 Å². The number of rotatable bonds is 4. The zero-order chi connectivity index (χ0) is 13.7. The van der Waals surface area contributed by atoms with Gasteiger partial charge >= 0.3 is 0 Å². The Morgan fingerprint density at radius 1 is 1.00 bits per heavy atom. The van der Waals surface area contributed by atoms with Gasteiger partial charge in [0, 0.05) is 10.9 Å². The van der Waals surface area contributed by atoms with Gasteiger partial charge in [-0.25, -0.2) is 0 Å². The molecular weight excluding hydrogens is 254 g/mol. The van der Waals surface area contributed by atoms with Gasteiger partial charge in [-0.1, -0.05) is 61.0 Å². The Bertz CT molecular complexity index is 554. The molecule has 0 aliphatic carbocycles. The molecule has 0 saturated carbocycles. The highest BCUT2D eigenvalue weighted by molar-refractivity contribution is 6.30. The summed E-state index contributed by atoms with van der Waals surface area (Å²) in [5.41, 5.74) is 2.24. The van der Waals surface area contributed by atoms with Crippen molar-refractivity contribution in [3.05, 3.63) is 70.7 Å². The Balaban J connectivity index is 2.35. The van der Waals surface area contributed by atoms with Gasteiger partial charge in [0.2, 0.25) is 0 Å². The van der Waals surface area contributed by atoms with E-state index in [0.29, 0.717) is 0 Å². The molecule has 96 valence electrons. The summed E-state index contributed by atoms with van der Waals surface area (Å²) in [5, 5.41) is 10.2. The van der Waals surface area contributed by atoms with Crippen LogP contribution >= 0.6 is 11.6 Å². The Kier molecular flexibility index (Phi) is 4.60. The maximum Gasteiger partial charge on any atom is 0.0781 e. The molecule has 0 fully saturated rings. The predicted octanol–water partition coefficient (Wildman–Crippen LogP) is 5.14. The molecule has 0 bridgehead atoms. The van der Waals surface area contributed by atoms with Crippen LogP contribution in [-0.4, -0.2) is 0 Å². The summed E-state index contributed by atoms with van der Waals surface area (Å²) < 4.78 is 0. The lowest BCUT2D eigenvalue weighted by atomic mass is 9.81. The zero-order valence-corrected chi connectivity index (χ0v) is 11.6. The first-order valence-corrected chi connectivity index (χ1v) is 6.84. The van der Waals surface area contributed by atoms with E-state index in [9.17, 15) is 5.26 Å². The lowest BCUT2D eigenvalue weighted by Crippen LogP contribution is -2.09. The molecule has 0 amide bonds. The highest BCUT2D eigenvalue weighted by atomic mass is 35.5. The van der Waals surface area contributed by atoms with Gasteiger partial charge in [-0.3, -0.25) is 0 Å². The van der Waals surface area contributed by atoms with Gasteiger partial charge in [0.15, 0.2) is 0 Å². The van der Waals surface area contributed by atoms with Crippen molar-refractivity contribution in [2.24, 2.45) is 0 Å². The Labute approximate surface area is 119 Å². The van der Waals surface area contributed by atoms with Gasteiger partial charge in [-0.05, 0) is 29.7 Å². The fraction of sp³-hybridized carbons (Fsp3) is 0.235. The van der Waals surface area contributed by atoms with Gasteiger partial charge in [0.25, 0.3) is 0 Å². The normalized spacial score (nSPS) is 13.5. The number of nitriles is 1. The first kappa shape index (κ1) is 13.6. The van der Waals surface area contributed by atoms with Gasteiger partial charge in [-0.2, -0.15) is 5.26 Å². The molecule has 2 heteroatoms. The SMILES string of the molecule is CC[C@@H](c1ccc(Cl)cc1)[C@H](C#N)c1ccccc1. The number of hydrogen-bond donors (Lipinski definition) is 0. The molecule has 2 aromatic carbocycles. The smallest absolute Gasteiger partial charge is 0.0781 e. The van der Waals surface area contributed by atoms with Gasteiger partial charge in [0.1, 0.15) is 0 Å². The Hall–Kier alpha value is -1.78. The second kappa shape index (κ2) is 6.41. The number of benzene rings is 2. The van der Waals surface area contributed by atoms with E-state index in [-0.39, 0.29) is 11.8 Å². The van der Waals surface area contributed by atoms with Crippen molar-refractivity contribution < 1.29 is 0 Å². The van der Waals surface area contributed by atoms with Crippen molar-refractivity contribution in [2.75, 3.05) is 0 Å². The third-order valence-corrected chi connectivity index (χ3v) is 3.69. The second-order valence-corrected chi connectivity index (χ2v) is 5.02. The minimum absolute atomic E-state index is 0.118. The van der Waals surface area contributed by atoms with Crippen molar-refractivity contribution in [1.82, 2.24) is 0 Å². The largest absolute Gasteiger partial charge is 0.198 e. The van der Waals surface area contributed by atoms with Crippen molar-refractivity contribution in [2.45, 2.75) is 25.2 Å². The summed E-state index contributed by atoms with van der Waals surface area (Å²) in [5.74, 6) is 0.0806. The average Bonchev–Trinajstić information content (AvgIpc) is 2.47. The van der Waals surface area contributed by atoms with Crippen LogP contribution in [-0.2, 0) is 0 Å². The first-order chi connectivity index (χ1) is 9.26. The molecule has 2 atom stereocenters. The van der Waals surface area contributed by atoms with Crippen LogP contribution in [0.4, 0.5) is 0 Å². The third-order valence-electron chi connectivity index (χ3n) is 3.44. The van der Waals surface area contributed by atoms with Crippen LogP contribution < -0.4 is 0 Å². The summed E-state index contributed by atoms with van der Waals surface area (Å²) in [6.07, 6.45) is 0.925. The topological polar surface area (TPSA) is 23.8 Å². The highest BCUT2D eigenvalue weighted by Crippen LogP contribution is 2.35. The molecule has 19 heavy (non-hydrogen) atoms. The molecule has 0 saturated heterocycles. The molecule has 0 radical (unpaired) electrons. The van der Waals surface area contributed by atoms with Crippen LogP contribution in [0.5, 0.6) is 0 Å². The molecule has 0 N–H and O–H groups in total. The van der Waals surface area contributed by atoms with Crippen molar-refractivity contribution in [3.63, 3.8) is 0 Å². The lowest BCUT2D eigenvalue weighted by molar-refractivity contribution is 0.607. The standard InChI is InChI=1S/C17H16ClN/c1-2-16(14-8-10-15(18)11-9-14)17(12-19)13-6-4-3-5-7-13/h3-11,16-17H,2H2,1H3/t16-,17+/m0/s1. The summed E-state index contributed by atoms with van der Waals surface area (Å²) in [4.78, 5) is 0. The minimum Gasteiger partial charge on any atom is -0.198 e. The summed E-state index contributed by atoms with van der Waals surface area (Å²) in [6, 6.07) is 20.2. The number of halogens is 1. The van der Waals surface area contributed by atoms with Gasteiger partial charge in [0.05, 0.1) is 12.0 Å². The second-order valence-electron chi connectivity index (χ2n) is 4.58. The van der Waals surface area contributed by atoms with Crippen LogP contribution in [0, 0.1) is 11.3 Å². The van der Waals surface area contributed by atoms with Crippen LogP contribution in [0.25, 0.3) is 0 Å².